The molecule has 0 radical (unpaired) electrons. The summed E-state index contributed by atoms with van der Waals surface area (Å²) in [5.74, 6) is 0.258. The highest BCUT2D eigenvalue weighted by atomic mass is 16.6. The van der Waals surface area contributed by atoms with Crippen molar-refractivity contribution < 1.29 is 19.2 Å². The Bertz CT molecular complexity index is 880. The molecule has 154 valence electrons. The first-order valence-electron chi connectivity index (χ1n) is 9.67. The Kier molecular flexibility index (Phi) is 6.66. The number of carbonyl (C=O) groups is 1. The van der Waals surface area contributed by atoms with Crippen molar-refractivity contribution in [1.29, 1.82) is 0 Å². The lowest BCUT2D eigenvalue weighted by Crippen LogP contribution is -2.36. The molecule has 1 fully saturated rings. The molecule has 0 aliphatic carbocycles. The zero-order valence-electron chi connectivity index (χ0n) is 16.6. The normalized spacial score (nSPS) is 14.9. The standard InChI is InChI=1S/C21H25N3O5/c1-3-15(2)29-18-6-4-5-16(13-18)21(25)22-17-7-8-19(20(14-17)24(26)27)23-9-11-28-12-10-23/h4-8,13-15H,3,9-12H2,1-2H3,(H,22,25). The monoisotopic (exact) mass is 399 g/mol. The lowest BCUT2D eigenvalue weighted by molar-refractivity contribution is -0.384. The number of nitrogens with one attached hydrogen (secondary N) is 1. The largest absolute Gasteiger partial charge is 0.491 e. The number of hydrogen-bond acceptors (Lipinski definition) is 6. The highest BCUT2D eigenvalue weighted by Gasteiger charge is 2.22. The zero-order valence-corrected chi connectivity index (χ0v) is 16.6. The minimum Gasteiger partial charge on any atom is -0.491 e. The fourth-order valence-corrected chi connectivity index (χ4v) is 3.05. The highest BCUT2D eigenvalue weighted by molar-refractivity contribution is 6.04. The van der Waals surface area contributed by atoms with E-state index in [0.29, 0.717) is 49.0 Å². The van der Waals surface area contributed by atoms with E-state index < -0.39 is 4.92 Å². The van der Waals surface area contributed by atoms with E-state index in [1.165, 1.54) is 6.07 Å². The molecule has 1 unspecified atom stereocenters. The molecule has 1 heterocycles. The molecule has 0 aromatic heterocycles. The summed E-state index contributed by atoms with van der Waals surface area (Å²) in [5, 5.41) is 14.3. The number of rotatable bonds is 7. The van der Waals surface area contributed by atoms with Crippen LogP contribution in [-0.2, 0) is 4.74 Å². The van der Waals surface area contributed by atoms with Crippen molar-refractivity contribution in [3.63, 3.8) is 0 Å². The van der Waals surface area contributed by atoms with E-state index in [4.69, 9.17) is 9.47 Å². The second kappa shape index (κ2) is 9.38. The third kappa shape index (κ3) is 5.23. The van der Waals surface area contributed by atoms with E-state index in [-0.39, 0.29) is 17.7 Å². The fraction of sp³-hybridized carbons (Fsp3) is 0.381. The maximum atomic E-state index is 12.6. The van der Waals surface area contributed by atoms with Crippen molar-refractivity contribution in [2.45, 2.75) is 26.4 Å². The molecule has 3 rings (SSSR count). The van der Waals surface area contributed by atoms with Crippen LogP contribution in [0.25, 0.3) is 0 Å². The third-order valence-corrected chi connectivity index (χ3v) is 4.79. The first kappa shape index (κ1) is 20.6. The molecule has 29 heavy (non-hydrogen) atoms. The fourth-order valence-electron chi connectivity index (χ4n) is 3.05. The van der Waals surface area contributed by atoms with E-state index in [9.17, 15) is 14.9 Å². The third-order valence-electron chi connectivity index (χ3n) is 4.79. The molecule has 1 N–H and O–H groups in total. The quantitative estimate of drug-likeness (QED) is 0.561. The maximum Gasteiger partial charge on any atom is 0.294 e. The molecule has 8 heteroatoms. The summed E-state index contributed by atoms with van der Waals surface area (Å²) in [6.07, 6.45) is 0.902. The Hall–Kier alpha value is -3.13. The second-order valence-corrected chi connectivity index (χ2v) is 6.88. The molecule has 1 amide bonds. The molecule has 0 spiro atoms. The summed E-state index contributed by atoms with van der Waals surface area (Å²) in [7, 11) is 0. The number of morpholine rings is 1. The molecule has 1 aliphatic heterocycles. The van der Waals surface area contributed by atoms with Crippen LogP contribution < -0.4 is 15.0 Å². The van der Waals surface area contributed by atoms with E-state index in [1.54, 1.807) is 36.4 Å². The summed E-state index contributed by atoms with van der Waals surface area (Å²) in [5.41, 5.74) is 1.27. The molecule has 2 aromatic carbocycles. The smallest absolute Gasteiger partial charge is 0.294 e. The van der Waals surface area contributed by atoms with E-state index >= 15 is 0 Å². The predicted molar refractivity (Wildman–Crippen MR) is 111 cm³/mol. The van der Waals surface area contributed by atoms with Gasteiger partial charge in [-0.25, -0.2) is 0 Å². The first-order valence-corrected chi connectivity index (χ1v) is 9.67. The molecule has 1 saturated heterocycles. The average molecular weight is 399 g/mol. The first-order chi connectivity index (χ1) is 14.0. The number of amides is 1. The minimum atomic E-state index is -0.430. The number of carbonyl (C=O) groups excluding carboxylic acids is 1. The van der Waals surface area contributed by atoms with Gasteiger partial charge in [-0.2, -0.15) is 0 Å². The number of anilines is 2. The van der Waals surface area contributed by atoms with E-state index in [1.807, 2.05) is 18.7 Å². The van der Waals surface area contributed by atoms with Gasteiger partial charge < -0.3 is 19.7 Å². The molecule has 2 aromatic rings. The van der Waals surface area contributed by atoms with Gasteiger partial charge in [0.05, 0.1) is 24.2 Å². The predicted octanol–water partition coefficient (Wildman–Crippen LogP) is 3.86. The molecule has 1 aliphatic rings. The van der Waals surface area contributed by atoms with Crippen LogP contribution >= 0.6 is 0 Å². The Morgan fingerprint density at radius 2 is 2.03 bits per heavy atom. The van der Waals surface area contributed by atoms with Gasteiger partial charge in [0.25, 0.3) is 11.6 Å². The molecule has 0 saturated carbocycles. The van der Waals surface area contributed by atoms with Crippen LogP contribution in [0.15, 0.2) is 42.5 Å². The minimum absolute atomic E-state index is 0.0430. The number of benzene rings is 2. The van der Waals surface area contributed by atoms with Crippen molar-refractivity contribution >= 4 is 23.0 Å². The van der Waals surface area contributed by atoms with Gasteiger partial charge in [0.2, 0.25) is 0 Å². The van der Waals surface area contributed by atoms with Gasteiger partial charge in [-0.1, -0.05) is 13.0 Å². The Morgan fingerprint density at radius 3 is 2.72 bits per heavy atom. The van der Waals surface area contributed by atoms with Crippen LogP contribution in [0, 0.1) is 10.1 Å². The van der Waals surface area contributed by atoms with Gasteiger partial charge in [0.1, 0.15) is 11.4 Å². The summed E-state index contributed by atoms with van der Waals surface area (Å²) in [6.45, 7) is 6.23. The van der Waals surface area contributed by atoms with Crippen LogP contribution in [0.2, 0.25) is 0 Å². The maximum absolute atomic E-state index is 12.6. The van der Waals surface area contributed by atoms with Gasteiger partial charge in [-0.15, -0.1) is 0 Å². The molecule has 0 bridgehead atoms. The van der Waals surface area contributed by atoms with Crippen molar-refractivity contribution in [1.82, 2.24) is 0 Å². The Morgan fingerprint density at radius 1 is 1.28 bits per heavy atom. The summed E-state index contributed by atoms with van der Waals surface area (Å²) >= 11 is 0. The number of nitro benzene ring substituents is 1. The number of nitrogens with zero attached hydrogens (tertiary/aromatic N) is 2. The average Bonchev–Trinajstić information content (AvgIpc) is 2.74. The van der Waals surface area contributed by atoms with Crippen molar-refractivity contribution in [2.24, 2.45) is 0 Å². The lowest BCUT2D eigenvalue weighted by atomic mass is 10.1. The number of hydrogen-bond donors (Lipinski definition) is 1. The van der Waals surface area contributed by atoms with Gasteiger partial charge in [-0.3, -0.25) is 14.9 Å². The van der Waals surface area contributed by atoms with Crippen molar-refractivity contribution in [2.75, 3.05) is 36.5 Å². The lowest BCUT2D eigenvalue weighted by Gasteiger charge is -2.28. The van der Waals surface area contributed by atoms with Crippen molar-refractivity contribution in [3.8, 4) is 5.75 Å². The van der Waals surface area contributed by atoms with Gasteiger partial charge in [-0.05, 0) is 43.7 Å². The van der Waals surface area contributed by atoms with Crippen LogP contribution in [0.3, 0.4) is 0 Å². The van der Waals surface area contributed by atoms with Crippen molar-refractivity contribution in [3.05, 3.63) is 58.1 Å². The van der Waals surface area contributed by atoms with Gasteiger partial charge in [0.15, 0.2) is 0 Å². The molecular weight excluding hydrogens is 374 g/mol. The highest BCUT2D eigenvalue weighted by Crippen LogP contribution is 2.32. The number of nitro groups is 1. The van der Waals surface area contributed by atoms with E-state index in [2.05, 4.69) is 5.32 Å². The van der Waals surface area contributed by atoms with Crippen LogP contribution in [0.1, 0.15) is 30.6 Å². The SMILES string of the molecule is CCC(C)Oc1cccc(C(=O)Nc2ccc(N3CCOCC3)c([N+](=O)[O-])c2)c1. The number of ether oxygens (including phenoxy) is 2. The van der Waals surface area contributed by atoms with Gasteiger partial charge in [0, 0.05) is 30.4 Å². The molecular formula is C21H25N3O5. The van der Waals surface area contributed by atoms with Crippen LogP contribution in [-0.4, -0.2) is 43.2 Å². The Labute approximate surface area is 169 Å². The van der Waals surface area contributed by atoms with Crippen LogP contribution in [0.5, 0.6) is 5.75 Å². The topological polar surface area (TPSA) is 93.9 Å². The second-order valence-electron chi connectivity index (χ2n) is 6.88. The van der Waals surface area contributed by atoms with E-state index in [0.717, 1.165) is 6.42 Å². The van der Waals surface area contributed by atoms with Gasteiger partial charge >= 0.3 is 0 Å². The summed E-state index contributed by atoms with van der Waals surface area (Å²) in [6, 6.07) is 11.6. The summed E-state index contributed by atoms with van der Waals surface area (Å²) < 4.78 is 11.1. The molecule has 8 nitrogen and oxygen atoms in total. The molecule has 1 atom stereocenters. The Balaban J connectivity index is 1.77. The summed E-state index contributed by atoms with van der Waals surface area (Å²) in [4.78, 5) is 25.7. The zero-order chi connectivity index (χ0) is 20.8. The van der Waals surface area contributed by atoms with Crippen LogP contribution in [0.4, 0.5) is 17.1 Å².